The van der Waals surface area contributed by atoms with E-state index in [1.165, 1.54) is 28.7 Å². The molecular weight excluding hydrogens is 360 g/mol. The van der Waals surface area contributed by atoms with E-state index in [0.29, 0.717) is 6.10 Å². The predicted octanol–water partition coefficient (Wildman–Crippen LogP) is 3.15. The van der Waals surface area contributed by atoms with Crippen molar-refractivity contribution in [1.29, 1.82) is 0 Å². The van der Waals surface area contributed by atoms with Crippen molar-refractivity contribution in [3.8, 4) is 0 Å². The highest BCUT2D eigenvalue weighted by atomic mass is 32.1. The highest BCUT2D eigenvalue weighted by Crippen LogP contribution is 2.35. The number of thiophene rings is 1. The summed E-state index contributed by atoms with van der Waals surface area (Å²) in [4.78, 5) is 17.0. The fraction of sp³-hybridized carbons (Fsp3) is 0.700. The Hall–Kier alpha value is -1.28. The van der Waals surface area contributed by atoms with Gasteiger partial charge >= 0.3 is 0 Å². The van der Waals surface area contributed by atoms with Gasteiger partial charge in [-0.05, 0) is 38.7 Å². The first-order valence-electron chi connectivity index (χ1n) is 10.0. The lowest BCUT2D eigenvalue weighted by Crippen LogP contribution is -2.36. The number of fused-ring (bicyclic) bond motifs is 1. The van der Waals surface area contributed by atoms with Crippen molar-refractivity contribution in [1.82, 2.24) is 14.9 Å². The monoisotopic (exact) mass is 390 g/mol. The molecule has 148 valence electrons. The minimum Gasteiger partial charge on any atom is -0.379 e. The number of likely N-dealkylation sites (N-methyl/N-ethyl adjacent to an activating group) is 1. The van der Waals surface area contributed by atoms with Crippen LogP contribution in [0.4, 0.5) is 5.82 Å². The van der Waals surface area contributed by atoms with E-state index in [0.717, 1.165) is 68.9 Å². The molecule has 0 bridgehead atoms. The van der Waals surface area contributed by atoms with Gasteiger partial charge in [0.1, 0.15) is 16.5 Å². The van der Waals surface area contributed by atoms with E-state index in [9.17, 15) is 0 Å². The van der Waals surface area contributed by atoms with Crippen molar-refractivity contribution in [2.24, 2.45) is 0 Å². The van der Waals surface area contributed by atoms with Gasteiger partial charge in [-0.25, -0.2) is 9.97 Å². The van der Waals surface area contributed by atoms with Gasteiger partial charge in [0.25, 0.3) is 0 Å². The molecule has 0 N–H and O–H groups in total. The number of aromatic nitrogens is 2. The Bertz CT molecular complexity index is 782. The maximum Gasteiger partial charge on any atom is 0.146 e. The smallest absolute Gasteiger partial charge is 0.146 e. The topological polar surface area (TPSA) is 50.7 Å². The Morgan fingerprint density at radius 1 is 1.15 bits per heavy atom. The zero-order chi connectivity index (χ0) is 18.8. The molecule has 2 fully saturated rings. The van der Waals surface area contributed by atoms with Crippen molar-refractivity contribution in [2.45, 2.75) is 45.8 Å². The fourth-order valence-electron chi connectivity index (χ4n) is 3.92. The van der Waals surface area contributed by atoms with Crippen LogP contribution >= 0.6 is 11.3 Å². The normalized spacial score (nSPS) is 21.7. The first-order chi connectivity index (χ1) is 13.1. The first-order valence-corrected chi connectivity index (χ1v) is 10.8. The van der Waals surface area contributed by atoms with E-state index in [2.05, 4.69) is 30.7 Å². The highest BCUT2D eigenvalue weighted by Gasteiger charge is 2.22. The van der Waals surface area contributed by atoms with Crippen LogP contribution < -0.4 is 4.90 Å². The lowest BCUT2D eigenvalue weighted by atomic mass is 10.1. The number of hydrogen-bond donors (Lipinski definition) is 0. The summed E-state index contributed by atoms with van der Waals surface area (Å²) in [5, 5.41) is 1.21. The van der Waals surface area contributed by atoms with Gasteiger partial charge < -0.3 is 14.4 Å². The third kappa shape index (κ3) is 4.26. The lowest BCUT2D eigenvalue weighted by Gasteiger charge is -2.29. The van der Waals surface area contributed by atoms with Crippen LogP contribution in [0.25, 0.3) is 10.2 Å². The van der Waals surface area contributed by atoms with Crippen LogP contribution in [0.15, 0.2) is 0 Å². The summed E-state index contributed by atoms with van der Waals surface area (Å²) < 4.78 is 11.4. The molecular formula is C20H30N4O2S. The molecule has 0 aromatic carbocycles. The van der Waals surface area contributed by atoms with Gasteiger partial charge in [0.05, 0.1) is 31.2 Å². The van der Waals surface area contributed by atoms with Crippen LogP contribution in [0.5, 0.6) is 0 Å². The summed E-state index contributed by atoms with van der Waals surface area (Å²) in [5.41, 5.74) is 1.30. The van der Waals surface area contributed by atoms with Crippen molar-refractivity contribution in [2.75, 3.05) is 51.4 Å². The van der Waals surface area contributed by atoms with E-state index in [1.807, 2.05) is 0 Å². The molecule has 2 saturated heterocycles. The number of nitrogens with zero attached hydrogens (tertiary/aromatic N) is 4. The minimum absolute atomic E-state index is 0.302. The third-order valence-corrected chi connectivity index (χ3v) is 6.74. The Balaban J connectivity index is 1.63. The van der Waals surface area contributed by atoms with Gasteiger partial charge in [0, 0.05) is 38.2 Å². The third-order valence-electron chi connectivity index (χ3n) is 5.64. The molecule has 2 aliphatic rings. The molecule has 27 heavy (non-hydrogen) atoms. The van der Waals surface area contributed by atoms with Crippen molar-refractivity contribution in [3.05, 3.63) is 16.3 Å². The zero-order valence-corrected chi connectivity index (χ0v) is 17.5. The molecule has 2 aromatic heterocycles. The molecule has 0 saturated carbocycles. The average Bonchev–Trinajstić information content (AvgIpc) is 2.96. The van der Waals surface area contributed by atoms with Crippen LogP contribution in [0.2, 0.25) is 0 Å². The zero-order valence-electron chi connectivity index (χ0n) is 16.7. The summed E-state index contributed by atoms with van der Waals surface area (Å²) in [5.74, 6) is 1.97. The summed E-state index contributed by atoms with van der Waals surface area (Å²) in [6, 6.07) is 0. The molecule has 4 rings (SSSR count). The number of anilines is 1. The number of morpholine rings is 1. The standard InChI is InChI=1S/C20H30N4O2S/c1-14-15(2)27-20-18(14)19(23(3)12-16-6-4-5-9-26-16)21-17(22-20)13-24-7-10-25-11-8-24/h16H,4-13H2,1-3H3. The summed E-state index contributed by atoms with van der Waals surface area (Å²) >= 11 is 1.78. The van der Waals surface area contributed by atoms with Gasteiger partial charge in [-0.15, -0.1) is 11.3 Å². The number of rotatable bonds is 5. The van der Waals surface area contributed by atoms with Gasteiger partial charge in [0.2, 0.25) is 0 Å². The molecule has 0 spiro atoms. The fourth-order valence-corrected chi connectivity index (χ4v) is 4.96. The van der Waals surface area contributed by atoms with Gasteiger partial charge in [-0.2, -0.15) is 0 Å². The molecule has 7 heteroatoms. The van der Waals surface area contributed by atoms with Gasteiger partial charge in [0.15, 0.2) is 0 Å². The number of aryl methyl sites for hydroxylation is 2. The quantitative estimate of drug-likeness (QED) is 0.782. The Labute approximate surface area is 165 Å². The maximum absolute atomic E-state index is 5.96. The second kappa shape index (κ2) is 8.39. The summed E-state index contributed by atoms with van der Waals surface area (Å²) in [7, 11) is 2.14. The van der Waals surface area contributed by atoms with Crippen LogP contribution in [-0.2, 0) is 16.0 Å². The second-order valence-corrected chi connectivity index (χ2v) is 8.89. The van der Waals surface area contributed by atoms with E-state index in [-0.39, 0.29) is 0 Å². The van der Waals surface area contributed by atoms with Gasteiger partial charge in [-0.3, -0.25) is 4.90 Å². The molecule has 0 radical (unpaired) electrons. The summed E-state index contributed by atoms with van der Waals surface area (Å²) in [6.45, 7) is 10.4. The van der Waals surface area contributed by atoms with Gasteiger partial charge in [-0.1, -0.05) is 0 Å². The molecule has 0 aliphatic carbocycles. The Morgan fingerprint density at radius 2 is 1.96 bits per heavy atom. The minimum atomic E-state index is 0.302. The second-order valence-electron chi connectivity index (χ2n) is 7.68. The molecule has 4 heterocycles. The Kier molecular flexibility index (Phi) is 5.92. The molecule has 0 amide bonds. The van der Waals surface area contributed by atoms with Crippen LogP contribution in [0, 0.1) is 13.8 Å². The van der Waals surface area contributed by atoms with Crippen molar-refractivity contribution < 1.29 is 9.47 Å². The summed E-state index contributed by atoms with van der Waals surface area (Å²) in [6.07, 6.45) is 3.89. The maximum atomic E-state index is 5.96. The van der Waals surface area contributed by atoms with E-state index in [1.54, 1.807) is 11.3 Å². The first kappa shape index (κ1) is 19.1. The lowest BCUT2D eigenvalue weighted by molar-refractivity contribution is 0.0215. The highest BCUT2D eigenvalue weighted by molar-refractivity contribution is 7.18. The van der Waals surface area contributed by atoms with Crippen LogP contribution in [0.3, 0.4) is 0 Å². The van der Waals surface area contributed by atoms with Crippen molar-refractivity contribution >= 4 is 27.4 Å². The van der Waals surface area contributed by atoms with Crippen LogP contribution in [0.1, 0.15) is 35.5 Å². The Morgan fingerprint density at radius 3 is 2.70 bits per heavy atom. The number of hydrogen-bond acceptors (Lipinski definition) is 7. The largest absolute Gasteiger partial charge is 0.379 e. The van der Waals surface area contributed by atoms with E-state index >= 15 is 0 Å². The predicted molar refractivity (Wildman–Crippen MR) is 110 cm³/mol. The molecule has 1 unspecified atom stereocenters. The molecule has 1 atom stereocenters. The van der Waals surface area contributed by atoms with E-state index in [4.69, 9.17) is 19.4 Å². The van der Waals surface area contributed by atoms with Crippen molar-refractivity contribution in [3.63, 3.8) is 0 Å². The number of ether oxygens (including phenoxy) is 2. The van der Waals surface area contributed by atoms with E-state index < -0.39 is 0 Å². The average molecular weight is 391 g/mol. The molecule has 6 nitrogen and oxygen atoms in total. The molecule has 2 aliphatic heterocycles. The molecule has 2 aromatic rings. The SMILES string of the molecule is Cc1sc2nc(CN3CCOCC3)nc(N(C)CC3CCCCO3)c2c1C. The van der Waals surface area contributed by atoms with Crippen LogP contribution in [-0.4, -0.2) is 67.5 Å².